The third-order valence-electron chi connectivity index (χ3n) is 3.89. The van der Waals surface area contributed by atoms with E-state index < -0.39 is 11.1 Å². The first-order valence-corrected chi connectivity index (χ1v) is 10.2. The molecule has 0 bridgehead atoms. The summed E-state index contributed by atoms with van der Waals surface area (Å²) in [5.41, 5.74) is 0.700. The molecule has 3 amide bonds. The predicted molar refractivity (Wildman–Crippen MR) is 111 cm³/mol. The van der Waals surface area contributed by atoms with Gasteiger partial charge in [0.1, 0.15) is 6.54 Å². The lowest BCUT2D eigenvalue weighted by Crippen LogP contribution is -2.39. The monoisotopic (exact) mass is 422 g/mol. The Morgan fingerprint density at radius 1 is 1.17 bits per heavy atom. The molecule has 1 N–H and O–H groups in total. The highest BCUT2D eigenvalue weighted by molar-refractivity contribution is 8.18. The first-order valence-electron chi connectivity index (χ1n) is 9.40. The Morgan fingerprint density at radius 3 is 2.59 bits per heavy atom. The van der Waals surface area contributed by atoms with Gasteiger partial charge >= 0.3 is 0 Å². The van der Waals surface area contributed by atoms with Crippen molar-refractivity contribution in [2.24, 2.45) is 0 Å². The number of imide groups is 1. The van der Waals surface area contributed by atoms with E-state index in [4.69, 9.17) is 14.2 Å². The topological polar surface area (TPSA) is 94.2 Å². The maximum atomic E-state index is 12.6. The van der Waals surface area contributed by atoms with Crippen molar-refractivity contribution in [3.63, 3.8) is 0 Å². The van der Waals surface area contributed by atoms with Gasteiger partial charge in [0.15, 0.2) is 11.5 Å². The molecule has 0 spiro atoms. The van der Waals surface area contributed by atoms with Gasteiger partial charge in [0.2, 0.25) is 5.91 Å². The summed E-state index contributed by atoms with van der Waals surface area (Å²) in [6.07, 6.45) is 2.27. The minimum absolute atomic E-state index is 0.258. The quantitative estimate of drug-likeness (QED) is 0.433. The minimum Gasteiger partial charge on any atom is -0.490 e. The Labute approximate surface area is 174 Å². The second-order valence-electron chi connectivity index (χ2n) is 6.04. The van der Waals surface area contributed by atoms with Crippen molar-refractivity contribution >= 4 is 34.9 Å². The van der Waals surface area contributed by atoms with Gasteiger partial charge in [0.05, 0.1) is 18.1 Å². The zero-order valence-electron chi connectivity index (χ0n) is 16.9. The molecule has 1 heterocycles. The molecule has 0 atom stereocenters. The molecule has 1 saturated heterocycles. The molecule has 9 heteroatoms. The Hall–Kier alpha value is -2.52. The number of carbonyl (C=O) groups is 3. The van der Waals surface area contributed by atoms with Crippen molar-refractivity contribution in [1.82, 2.24) is 10.2 Å². The molecular weight excluding hydrogens is 396 g/mol. The molecule has 0 unspecified atom stereocenters. The van der Waals surface area contributed by atoms with Crippen LogP contribution in [0.4, 0.5) is 4.79 Å². The summed E-state index contributed by atoms with van der Waals surface area (Å²) in [4.78, 5) is 37.9. The molecular formula is C20H26N2O6S. The van der Waals surface area contributed by atoms with E-state index >= 15 is 0 Å². The zero-order valence-corrected chi connectivity index (χ0v) is 17.7. The number of nitrogens with zero attached hydrogens (tertiary/aromatic N) is 1. The number of ether oxygens (including phenoxy) is 3. The third kappa shape index (κ3) is 6.50. The van der Waals surface area contributed by atoms with E-state index in [1.807, 2.05) is 13.8 Å². The van der Waals surface area contributed by atoms with E-state index in [0.29, 0.717) is 49.8 Å². The summed E-state index contributed by atoms with van der Waals surface area (Å²) in [6.45, 7) is 5.37. The molecule has 0 aromatic heterocycles. The number of hydrogen-bond acceptors (Lipinski definition) is 7. The average molecular weight is 423 g/mol. The Bertz CT molecular complexity index is 780. The van der Waals surface area contributed by atoms with Crippen LogP contribution in [0.1, 0.15) is 25.8 Å². The number of hydrogen-bond donors (Lipinski definition) is 1. The van der Waals surface area contributed by atoms with Crippen molar-refractivity contribution in [2.45, 2.75) is 20.3 Å². The molecule has 1 aliphatic heterocycles. The number of nitrogens with one attached hydrogen (secondary N) is 1. The lowest BCUT2D eigenvalue weighted by Gasteiger charge is -2.12. The molecule has 2 rings (SSSR count). The smallest absolute Gasteiger partial charge is 0.294 e. The number of benzene rings is 1. The van der Waals surface area contributed by atoms with Gasteiger partial charge in [0.25, 0.3) is 11.1 Å². The van der Waals surface area contributed by atoms with Gasteiger partial charge in [-0.1, -0.05) is 6.07 Å². The van der Waals surface area contributed by atoms with Crippen LogP contribution in [0.3, 0.4) is 0 Å². The van der Waals surface area contributed by atoms with E-state index in [-0.39, 0.29) is 17.4 Å². The van der Waals surface area contributed by atoms with E-state index in [9.17, 15) is 14.4 Å². The number of rotatable bonds is 11. The van der Waals surface area contributed by atoms with Crippen molar-refractivity contribution in [3.05, 3.63) is 28.7 Å². The van der Waals surface area contributed by atoms with E-state index in [1.165, 1.54) is 0 Å². The van der Waals surface area contributed by atoms with Crippen LogP contribution in [0, 0.1) is 0 Å². The highest BCUT2D eigenvalue weighted by Crippen LogP contribution is 2.34. The van der Waals surface area contributed by atoms with Gasteiger partial charge in [-0.3, -0.25) is 19.3 Å². The summed E-state index contributed by atoms with van der Waals surface area (Å²) >= 11 is 0.811. The van der Waals surface area contributed by atoms with Crippen molar-refractivity contribution in [1.29, 1.82) is 0 Å². The first kappa shape index (κ1) is 22.8. The Kier molecular flexibility index (Phi) is 9.01. The molecule has 8 nitrogen and oxygen atoms in total. The van der Waals surface area contributed by atoms with Gasteiger partial charge in [-0.2, -0.15) is 0 Å². The zero-order chi connectivity index (χ0) is 21.2. The molecule has 1 aromatic rings. The van der Waals surface area contributed by atoms with Gasteiger partial charge < -0.3 is 19.5 Å². The van der Waals surface area contributed by atoms with E-state index in [2.05, 4.69) is 5.32 Å². The van der Waals surface area contributed by atoms with Crippen LogP contribution in [0.2, 0.25) is 0 Å². The highest BCUT2D eigenvalue weighted by atomic mass is 32.2. The van der Waals surface area contributed by atoms with Crippen LogP contribution in [-0.4, -0.2) is 62.0 Å². The van der Waals surface area contributed by atoms with Gasteiger partial charge in [-0.25, -0.2) is 0 Å². The third-order valence-corrected chi connectivity index (χ3v) is 4.80. The van der Waals surface area contributed by atoms with Crippen LogP contribution in [0.15, 0.2) is 23.1 Å². The molecule has 0 aliphatic carbocycles. The lowest BCUT2D eigenvalue weighted by molar-refractivity contribution is -0.129. The van der Waals surface area contributed by atoms with Gasteiger partial charge in [0, 0.05) is 20.3 Å². The highest BCUT2D eigenvalue weighted by Gasteiger charge is 2.36. The van der Waals surface area contributed by atoms with Crippen molar-refractivity contribution in [2.75, 3.05) is 40.0 Å². The summed E-state index contributed by atoms with van der Waals surface area (Å²) in [5, 5.41) is 2.20. The first-order chi connectivity index (χ1) is 14.0. The molecule has 0 radical (unpaired) electrons. The summed E-state index contributed by atoms with van der Waals surface area (Å²) < 4.78 is 16.0. The minimum atomic E-state index is -0.487. The second-order valence-corrected chi connectivity index (χ2v) is 7.03. The van der Waals surface area contributed by atoms with Crippen LogP contribution in [-0.2, 0) is 14.3 Å². The summed E-state index contributed by atoms with van der Waals surface area (Å²) in [6, 6.07) is 5.30. The Morgan fingerprint density at radius 2 is 1.90 bits per heavy atom. The molecule has 0 saturated carbocycles. The van der Waals surface area contributed by atoms with Crippen LogP contribution in [0.5, 0.6) is 11.5 Å². The van der Waals surface area contributed by atoms with Gasteiger partial charge in [-0.15, -0.1) is 0 Å². The van der Waals surface area contributed by atoms with Gasteiger partial charge in [-0.05, 0) is 55.8 Å². The molecule has 1 fully saturated rings. The lowest BCUT2D eigenvalue weighted by atomic mass is 10.2. The fourth-order valence-electron chi connectivity index (χ4n) is 2.59. The van der Waals surface area contributed by atoms with E-state index in [0.717, 1.165) is 16.7 Å². The largest absolute Gasteiger partial charge is 0.490 e. The summed E-state index contributed by atoms with van der Waals surface area (Å²) in [5.74, 6) is 0.311. The second kappa shape index (κ2) is 11.5. The average Bonchev–Trinajstić information content (AvgIpc) is 2.95. The number of methoxy groups -OCH3 is 1. The molecule has 1 aliphatic rings. The fourth-order valence-corrected chi connectivity index (χ4v) is 3.43. The molecule has 1 aromatic carbocycles. The van der Waals surface area contributed by atoms with Crippen LogP contribution in [0.25, 0.3) is 6.08 Å². The molecule has 29 heavy (non-hydrogen) atoms. The Balaban J connectivity index is 2.07. The summed E-state index contributed by atoms with van der Waals surface area (Å²) in [7, 11) is 1.58. The predicted octanol–water partition coefficient (Wildman–Crippen LogP) is 2.67. The SMILES string of the molecule is CCOc1ccc(/C=C2\SC(=O)N(CC(=O)NCCCOC)C2=O)cc1OCC. The van der Waals surface area contributed by atoms with Crippen molar-refractivity contribution in [3.8, 4) is 11.5 Å². The maximum Gasteiger partial charge on any atom is 0.294 e. The van der Waals surface area contributed by atoms with E-state index in [1.54, 1.807) is 31.4 Å². The number of carbonyl (C=O) groups excluding carboxylic acids is 3. The van der Waals surface area contributed by atoms with Crippen molar-refractivity contribution < 1.29 is 28.6 Å². The standard InChI is InChI=1S/C20H26N2O6S/c1-4-27-15-8-7-14(11-16(15)28-5-2)12-17-19(24)22(20(25)29-17)13-18(23)21-9-6-10-26-3/h7-8,11-12H,4-6,9-10,13H2,1-3H3,(H,21,23)/b17-12-. The number of thioether (sulfide) groups is 1. The molecule has 158 valence electrons. The van der Waals surface area contributed by atoms with Crippen LogP contribution < -0.4 is 14.8 Å². The fraction of sp³-hybridized carbons (Fsp3) is 0.450. The normalized spacial score (nSPS) is 15.1. The number of amides is 3. The van der Waals surface area contributed by atoms with Crippen LogP contribution >= 0.6 is 11.8 Å². The maximum absolute atomic E-state index is 12.6.